The van der Waals surface area contributed by atoms with Gasteiger partial charge in [-0.1, -0.05) is 6.07 Å². The number of fused-ring (bicyclic) bond motifs is 1. The van der Waals surface area contributed by atoms with Gasteiger partial charge in [0.15, 0.2) is 0 Å². The molecule has 0 aromatic heterocycles. The summed E-state index contributed by atoms with van der Waals surface area (Å²) >= 11 is 0. The van der Waals surface area contributed by atoms with Crippen LogP contribution in [0.5, 0.6) is 5.75 Å². The van der Waals surface area contributed by atoms with Gasteiger partial charge >= 0.3 is 0 Å². The highest BCUT2D eigenvalue weighted by Gasteiger charge is 2.19. The summed E-state index contributed by atoms with van der Waals surface area (Å²) < 4.78 is 5.49. The summed E-state index contributed by atoms with van der Waals surface area (Å²) in [5.41, 5.74) is 9.80. The molecule has 2 heteroatoms. The molecule has 0 amide bonds. The summed E-state index contributed by atoms with van der Waals surface area (Å²) in [6.07, 6.45) is 1.01. The van der Waals surface area contributed by atoms with Gasteiger partial charge in [-0.2, -0.15) is 0 Å². The van der Waals surface area contributed by atoms with Crippen LogP contribution in [-0.4, -0.2) is 6.61 Å². The van der Waals surface area contributed by atoms with Crippen LogP contribution < -0.4 is 10.5 Å². The maximum absolute atomic E-state index is 5.93. The lowest BCUT2D eigenvalue weighted by atomic mass is 9.95. The molecule has 0 saturated carbocycles. The van der Waals surface area contributed by atoms with E-state index in [1.54, 1.807) is 0 Å². The normalized spacial score (nSPS) is 16.5. The van der Waals surface area contributed by atoms with Crippen LogP contribution in [0.2, 0.25) is 0 Å². The Bertz CT molecular complexity index is 331. The Kier molecular flexibility index (Phi) is 2.00. The van der Waals surface area contributed by atoms with Crippen LogP contribution in [0.1, 0.15) is 29.7 Å². The fourth-order valence-corrected chi connectivity index (χ4v) is 2.05. The lowest BCUT2D eigenvalue weighted by molar-refractivity contribution is 0.357. The van der Waals surface area contributed by atoms with Crippen LogP contribution in [0, 0.1) is 6.92 Å². The van der Waals surface area contributed by atoms with Gasteiger partial charge in [-0.15, -0.1) is 0 Å². The van der Waals surface area contributed by atoms with Crippen LogP contribution in [0.3, 0.4) is 0 Å². The molecular formula is C11H15NO. The minimum atomic E-state index is 0.108. The molecule has 1 aromatic carbocycles. The molecule has 0 aliphatic carbocycles. The summed E-state index contributed by atoms with van der Waals surface area (Å²) in [7, 11) is 0. The van der Waals surface area contributed by atoms with Crippen LogP contribution in [0.25, 0.3) is 0 Å². The first-order chi connectivity index (χ1) is 6.20. The zero-order chi connectivity index (χ0) is 9.42. The largest absolute Gasteiger partial charge is 0.493 e. The highest BCUT2D eigenvalue weighted by atomic mass is 16.5. The minimum Gasteiger partial charge on any atom is -0.493 e. The molecule has 1 unspecified atom stereocenters. The average Bonchev–Trinajstić information content (AvgIpc) is 2.50. The van der Waals surface area contributed by atoms with Gasteiger partial charge in [0.1, 0.15) is 5.75 Å². The van der Waals surface area contributed by atoms with E-state index >= 15 is 0 Å². The van der Waals surface area contributed by atoms with Crippen molar-refractivity contribution < 1.29 is 4.74 Å². The first kappa shape index (κ1) is 8.57. The number of benzene rings is 1. The van der Waals surface area contributed by atoms with Crippen molar-refractivity contribution in [3.8, 4) is 5.75 Å². The third kappa shape index (κ3) is 1.31. The van der Waals surface area contributed by atoms with Crippen LogP contribution in [-0.2, 0) is 6.42 Å². The van der Waals surface area contributed by atoms with Crippen molar-refractivity contribution in [1.82, 2.24) is 0 Å². The molecule has 2 nitrogen and oxygen atoms in total. The Morgan fingerprint density at radius 2 is 2.23 bits per heavy atom. The molecule has 2 rings (SSSR count). The molecule has 0 saturated heterocycles. The van der Waals surface area contributed by atoms with Crippen molar-refractivity contribution >= 4 is 0 Å². The molecule has 0 radical (unpaired) electrons. The number of hydrogen-bond acceptors (Lipinski definition) is 2. The second kappa shape index (κ2) is 3.04. The molecule has 1 aliphatic rings. The van der Waals surface area contributed by atoms with E-state index in [0.717, 1.165) is 18.8 Å². The molecule has 1 aliphatic heterocycles. The minimum absolute atomic E-state index is 0.108. The molecule has 1 aromatic rings. The van der Waals surface area contributed by atoms with Crippen molar-refractivity contribution in [1.29, 1.82) is 0 Å². The Hall–Kier alpha value is -1.02. The van der Waals surface area contributed by atoms with Gasteiger partial charge in [0.05, 0.1) is 6.61 Å². The van der Waals surface area contributed by atoms with Gasteiger partial charge in [-0.05, 0) is 31.0 Å². The monoisotopic (exact) mass is 177 g/mol. The van der Waals surface area contributed by atoms with E-state index in [-0.39, 0.29) is 6.04 Å². The zero-order valence-corrected chi connectivity index (χ0v) is 8.13. The lowest BCUT2D eigenvalue weighted by Crippen LogP contribution is -2.09. The number of hydrogen-bond donors (Lipinski definition) is 1. The van der Waals surface area contributed by atoms with Gasteiger partial charge in [0.2, 0.25) is 0 Å². The summed E-state index contributed by atoms with van der Waals surface area (Å²) in [4.78, 5) is 0. The van der Waals surface area contributed by atoms with E-state index in [1.807, 2.05) is 13.0 Å². The zero-order valence-electron chi connectivity index (χ0n) is 8.13. The Labute approximate surface area is 78.7 Å². The number of rotatable bonds is 1. The summed E-state index contributed by atoms with van der Waals surface area (Å²) in [5.74, 6) is 1.03. The molecule has 13 heavy (non-hydrogen) atoms. The van der Waals surface area contributed by atoms with Gasteiger partial charge < -0.3 is 10.5 Å². The highest BCUT2D eigenvalue weighted by molar-refractivity contribution is 5.48. The predicted molar refractivity (Wildman–Crippen MR) is 53.0 cm³/mol. The first-order valence-corrected chi connectivity index (χ1v) is 4.71. The van der Waals surface area contributed by atoms with Crippen LogP contribution in [0.4, 0.5) is 0 Å². The maximum Gasteiger partial charge on any atom is 0.122 e. The summed E-state index contributed by atoms with van der Waals surface area (Å²) in [6, 6.07) is 4.24. The van der Waals surface area contributed by atoms with Gasteiger partial charge in [-0.25, -0.2) is 0 Å². The van der Waals surface area contributed by atoms with Crippen molar-refractivity contribution in [2.45, 2.75) is 26.3 Å². The van der Waals surface area contributed by atoms with E-state index < -0.39 is 0 Å². The van der Waals surface area contributed by atoms with Gasteiger partial charge in [0, 0.05) is 18.0 Å². The molecule has 0 bridgehead atoms. The molecule has 70 valence electrons. The lowest BCUT2D eigenvalue weighted by Gasteiger charge is -2.13. The standard InChI is InChI=1S/C11H15NO/c1-7-3-4-10-9(5-6-13-10)11(7)8(2)12/h3-4,8H,5-6,12H2,1-2H3. The smallest absolute Gasteiger partial charge is 0.122 e. The molecule has 1 atom stereocenters. The summed E-state index contributed by atoms with van der Waals surface area (Å²) in [5, 5.41) is 0. The molecule has 0 spiro atoms. The van der Waals surface area contributed by atoms with E-state index in [1.165, 1.54) is 16.7 Å². The molecular weight excluding hydrogens is 162 g/mol. The van der Waals surface area contributed by atoms with Crippen LogP contribution in [0.15, 0.2) is 12.1 Å². The molecule has 0 fully saturated rings. The second-order valence-electron chi connectivity index (χ2n) is 3.66. The van der Waals surface area contributed by atoms with E-state index in [4.69, 9.17) is 10.5 Å². The van der Waals surface area contributed by atoms with Crippen molar-refractivity contribution in [2.24, 2.45) is 5.73 Å². The number of nitrogens with two attached hydrogens (primary N) is 1. The second-order valence-corrected chi connectivity index (χ2v) is 3.66. The first-order valence-electron chi connectivity index (χ1n) is 4.71. The van der Waals surface area contributed by atoms with Crippen LogP contribution >= 0.6 is 0 Å². The van der Waals surface area contributed by atoms with Gasteiger partial charge in [0.25, 0.3) is 0 Å². The van der Waals surface area contributed by atoms with E-state index in [0.29, 0.717) is 0 Å². The fourth-order valence-electron chi connectivity index (χ4n) is 2.05. The Balaban J connectivity index is 2.58. The quantitative estimate of drug-likeness (QED) is 0.711. The predicted octanol–water partition coefficient (Wildman–Crippen LogP) is 1.95. The third-order valence-corrected chi connectivity index (χ3v) is 2.60. The SMILES string of the molecule is Cc1ccc2c(c1C(C)N)CCO2. The third-order valence-electron chi connectivity index (χ3n) is 2.60. The van der Waals surface area contributed by atoms with Crippen molar-refractivity contribution in [3.05, 3.63) is 28.8 Å². The Morgan fingerprint density at radius 3 is 2.92 bits per heavy atom. The highest BCUT2D eigenvalue weighted by Crippen LogP contribution is 2.33. The topological polar surface area (TPSA) is 35.2 Å². The Morgan fingerprint density at radius 1 is 1.46 bits per heavy atom. The van der Waals surface area contributed by atoms with E-state index in [9.17, 15) is 0 Å². The average molecular weight is 177 g/mol. The maximum atomic E-state index is 5.93. The summed E-state index contributed by atoms with van der Waals surface area (Å²) in [6.45, 7) is 4.94. The fraction of sp³-hybridized carbons (Fsp3) is 0.455. The van der Waals surface area contributed by atoms with Crippen molar-refractivity contribution in [2.75, 3.05) is 6.61 Å². The molecule has 1 heterocycles. The number of ether oxygens (including phenoxy) is 1. The number of aryl methyl sites for hydroxylation is 1. The van der Waals surface area contributed by atoms with Gasteiger partial charge in [-0.3, -0.25) is 0 Å². The van der Waals surface area contributed by atoms with E-state index in [2.05, 4.69) is 13.0 Å². The molecule has 2 N–H and O–H groups in total. The van der Waals surface area contributed by atoms with Crippen molar-refractivity contribution in [3.63, 3.8) is 0 Å².